The Balaban J connectivity index is 1.49. The van der Waals surface area contributed by atoms with Gasteiger partial charge in [0.2, 0.25) is 0 Å². The fourth-order valence-electron chi connectivity index (χ4n) is 4.42. The summed E-state index contributed by atoms with van der Waals surface area (Å²) >= 11 is 0. The molecule has 2 heterocycles. The molecule has 0 aromatic heterocycles. The van der Waals surface area contributed by atoms with E-state index in [2.05, 4.69) is 0 Å². The Morgan fingerprint density at radius 3 is 2.53 bits per heavy atom. The van der Waals surface area contributed by atoms with Crippen LogP contribution in [0.4, 0.5) is 0 Å². The topological polar surface area (TPSA) is 57.2 Å². The average Bonchev–Trinajstić information content (AvgIpc) is 3.11. The third-order valence-corrected chi connectivity index (χ3v) is 5.87. The van der Waals surface area contributed by atoms with Gasteiger partial charge >= 0.3 is 0 Å². The van der Waals surface area contributed by atoms with Gasteiger partial charge in [0.25, 0.3) is 0 Å². The summed E-state index contributed by atoms with van der Waals surface area (Å²) in [6.45, 7) is 4.46. The van der Waals surface area contributed by atoms with E-state index in [1.807, 2.05) is 62.4 Å². The highest BCUT2D eigenvalue weighted by atomic mass is 16.5. The summed E-state index contributed by atoms with van der Waals surface area (Å²) in [7, 11) is 1.64. The number of ether oxygens (including phenoxy) is 4. The minimum absolute atomic E-state index is 0.0533. The Morgan fingerprint density at radius 2 is 1.77 bits per heavy atom. The van der Waals surface area contributed by atoms with Crippen LogP contribution in [-0.2, 0) is 6.61 Å². The predicted molar refractivity (Wildman–Crippen MR) is 113 cm³/mol. The molecule has 154 valence electrons. The molecule has 2 atom stereocenters. The fraction of sp³-hybridized carbons (Fsp3) is 0.280. The van der Waals surface area contributed by atoms with E-state index in [0.717, 1.165) is 28.2 Å². The molecule has 2 aliphatic heterocycles. The van der Waals surface area contributed by atoms with Crippen molar-refractivity contribution in [1.29, 1.82) is 0 Å². The van der Waals surface area contributed by atoms with Crippen molar-refractivity contribution < 1.29 is 24.1 Å². The summed E-state index contributed by atoms with van der Waals surface area (Å²) in [5.74, 6) is 2.68. The second kappa shape index (κ2) is 6.87. The molecule has 5 rings (SSSR count). The first-order valence-electron chi connectivity index (χ1n) is 10.0. The standard InChI is InChI=1S/C25H24O5/c1-25(2)23-18-12-19(26)22(28-14-15-7-5-4-6-8-15)13-20(18)29-24(23)17-10-9-16(27-3)11-21(17)30-25/h4-13,23-24,26H,14H2,1-3H3. The SMILES string of the molecule is COc1ccc2c(c1)OC(C)(C)C1c3cc(O)c(OCc4ccccc4)cc3OC21. The Bertz CT molecular complexity index is 1090. The van der Waals surface area contributed by atoms with E-state index >= 15 is 0 Å². The largest absolute Gasteiger partial charge is 0.504 e. The van der Waals surface area contributed by atoms with Crippen LogP contribution in [0.25, 0.3) is 0 Å². The lowest BCUT2D eigenvalue weighted by atomic mass is 9.77. The summed E-state index contributed by atoms with van der Waals surface area (Å²) in [5.41, 5.74) is 2.41. The van der Waals surface area contributed by atoms with Crippen molar-refractivity contribution in [2.75, 3.05) is 7.11 Å². The van der Waals surface area contributed by atoms with Crippen LogP contribution in [0.1, 0.15) is 42.6 Å². The fourth-order valence-corrected chi connectivity index (χ4v) is 4.42. The van der Waals surface area contributed by atoms with Crippen LogP contribution in [0.3, 0.4) is 0 Å². The van der Waals surface area contributed by atoms with Crippen molar-refractivity contribution in [2.45, 2.75) is 38.1 Å². The summed E-state index contributed by atoms with van der Waals surface area (Å²) < 4.78 is 23.9. The number of aromatic hydroxyl groups is 1. The van der Waals surface area contributed by atoms with Gasteiger partial charge in [-0.05, 0) is 37.6 Å². The molecule has 5 heteroatoms. The highest BCUT2D eigenvalue weighted by Gasteiger charge is 2.51. The normalized spacial score (nSPS) is 20.2. The van der Waals surface area contributed by atoms with Gasteiger partial charge < -0.3 is 24.1 Å². The zero-order valence-corrected chi connectivity index (χ0v) is 17.2. The van der Waals surface area contributed by atoms with E-state index in [1.54, 1.807) is 19.2 Å². The molecule has 0 amide bonds. The zero-order chi connectivity index (χ0) is 20.9. The molecular weight excluding hydrogens is 380 g/mol. The van der Waals surface area contributed by atoms with E-state index in [0.29, 0.717) is 18.1 Å². The van der Waals surface area contributed by atoms with Gasteiger partial charge in [-0.3, -0.25) is 0 Å². The minimum Gasteiger partial charge on any atom is -0.504 e. The van der Waals surface area contributed by atoms with E-state index in [1.165, 1.54) is 0 Å². The highest BCUT2D eigenvalue weighted by molar-refractivity contribution is 5.58. The molecular formula is C25H24O5. The number of hydrogen-bond acceptors (Lipinski definition) is 5. The van der Waals surface area contributed by atoms with Crippen LogP contribution in [0.15, 0.2) is 60.7 Å². The molecule has 0 radical (unpaired) electrons. The molecule has 2 unspecified atom stereocenters. The third kappa shape index (κ3) is 3.02. The van der Waals surface area contributed by atoms with Crippen molar-refractivity contribution in [3.8, 4) is 28.7 Å². The molecule has 0 spiro atoms. The molecule has 3 aromatic rings. The summed E-state index contributed by atoms with van der Waals surface area (Å²) in [6.07, 6.45) is -0.201. The molecule has 3 aromatic carbocycles. The van der Waals surface area contributed by atoms with E-state index in [9.17, 15) is 5.11 Å². The maximum atomic E-state index is 10.6. The van der Waals surface area contributed by atoms with E-state index < -0.39 is 5.60 Å². The second-order valence-corrected chi connectivity index (χ2v) is 8.26. The molecule has 2 aliphatic rings. The number of benzene rings is 3. The first-order valence-corrected chi connectivity index (χ1v) is 10.0. The van der Waals surface area contributed by atoms with Crippen LogP contribution < -0.4 is 18.9 Å². The number of rotatable bonds is 4. The van der Waals surface area contributed by atoms with Gasteiger partial charge in [0.05, 0.1) is 13.0 Å². The smallest absolute Gasteiger partial charge is 0.165 e. The molecule has 0 saturated heterocycles. The van der Waals surface area contributed by atoms with Gasteiger partial charge in [-0.1, -0.05) is 30.3 Å². The van der Waals surface area contributed by atoms with Gasteiger partial charge in [-0.2, -0.15) is 0 Å². The van der Waals surface area contributed by atoms with Crippen molar-refractivity contribution in [1.82, 2.24) is 0 Å². The summed E-state index contributed by atoms with van der Waals surface area (Å²) in [4.78, 5) is 0. The van der Waals surface area contributed by atoms with Gasteiger partial charge in [-0.15, -0.1) is 0 Å². The minimum atomic E-state index is -0.520. The number of methoxy groups -OCH3 is 1. The Morgan fingerprint density at radius 1 is 0.967 bits per heavy atom. The maximum Gasteiger partial charge on any atom is 0.165 e. The Hall–Kier alpha value is -3.34. The van der Waals surface area contributed by atoms with Crippen LogP contribution in [0, 0.1) is 0 Å². The van der Waals surface area contributed by atoms with Crippen LogP contribution in [-0.4, -0.2) is 17.8 Å². The Kier molecular flexibility index (Phi) is 4.28. The third-order valence-electron chi connectivity index (χ3n) is 5.87. The molecule has 0 aliphatic carbocycles. The first-order chi connectivity index (χ1) is 14.5. The second-order valence-electron chi connectivity index (χ2n) is 8.26. The number of phenolic OH excluding ortho intramolecular Hbond substituents is 1. The van der Waals surface area contributed by atoms with Crippen LogP contribution >= 0.6 is 0 Å². The summed E-state index contributed by atoms with van der Waals surface area (Å²) in [6, 6.07) is 19.2. The van der Waals surface area contributed by atoms with Crippen molar-refractivity contribution in [3.63, 3.8) is 0 Å². The average molecular weight is 404 g/mol. The molecule has 5 nitrogen and oxygen atoms in total. The molecule has 30 heavy (non-hydrogen) atoms. The Labute approximate surface area is 175 Å². The summed E-state index contributed by atoms with van der Waals surface area (Å²) in [5, 5.41) is 10.6. The number of hydrogen-bond donors (Lipinski definition) is 1. The van der Waals surface area contributed by atoms with Crippen molar-refractivity contribution in [3.05, 3.63) is 77.4 Å². The number of phenols is 1. The van der Waals surface area contributed by atoms with Crippen molar-refractivity contribution in [2.24, 2.45) is 0 Å². The predicted octanol–water partition coefficient (Wildman–Crippen LogP) is 5.37. The lowest BCUT2D eigenvalue weighted by molar-refractivity contribution is 0.0127. The lowest BCUT2D eigenvalue weighted by Crippen LogP contribution is -2.42. The van der Waals surface area contributed by atoms with Crippen LogP contribution in [0.5, 0.6) is 28.7 Å². The molecule has 1 N–H and O–H groups in total. The van der Waals surface area contributed by atoms with E-state index in [-0.39, 0.29) is 17.8 Å². The highest BCUT2D eigenvalue weighted by Crippen LogP contribution is 2.58. The number of fused-ring (bicyclic) bond motifs is 5. The molecule has 0 fully saturated rings. The molecule has 0 bridgehead atoms. The first kappa shape index (κ1) is 18.7. The van der Waals surface area contributed by atoms with Crippen molar-refractivity contribution >= 4 is 0 Å². The van der Waals surface area contributed by atoms with Crippen LogP contribution in [0.2, 0.25) is 0 Å². The monoisotopic (exact) mass is 404 g/mol. The molecule has 0 saturated carbocycles. The lowest BCUT2D eigenvalue weighted by Gasteiger charge is -2.41. The maximum absolute atomic E-state index is 10.6. The zero-order valence-electron chi connectivity index (χ0n) is 17.2. The van der Waals surface area contributed by atoms with Gasteiger partial charge in [0.15, 0.2) is 11.5 Å². The van der Waals surface area contributed by atoms with Gasteiger partial charge in [0.1, 0.15) is 35.6 Å². The van der Waals surface area contributed by atoms with Gasteiger partial charge in [0, 0.05) is 23.3 Å². The quantitative estimate of drug-likeness (QED) is 0.634. The van der Waals surface area contributed by atoms with E-state index in [4.69, 9.17) is 18.9 Å². The van der Waals surface area contributed by atoms with Gasteiger partial charge in [-0.25, -0.2) is 0 Å².